The van der Waals surface area contributed by atoms with Gasteiger partial charge in [-0.2, -0.15) is 4.98 Å². The third-order valence-corrected chi connectivity index (χ3v) is 3.45. The molecule has 1 aromatic heterocycles. The molecule has 0 spiro atoms. The monoisotopic (exact) mass is 324 g/mol. The van der Waals surface area contributed by atoms with E-state index in [2.05, 4.69) is 9.97 Å². The maximum Gasteiger partial charge on any atom is 0.225 e. The van der Waals surface area contributed by atoms with Gasteiger partial charge in [-0.05, 0) is 37.0 Å². The summed E-state index contributed by atoms with van der Waals surface area (Å²) < 4.78 is 34.1. The molecule has 0 aliphatic carbocycles. The topological polar surface area (TPSA) is 55.2 Å². The van der Waals surface area contributed by atoms with E-state index in [1.807, 2.05) is 20.8 Å². The van der Waals surface area contributed by atoms with Crippen LogP contribution in [0.2, 0.25) is 0 Å². The molecule has 4 nitrogen and oxygen atoms in total. The van der Waals surface area contributed by atoms with Crippen LogP contribution in [0, 0.1) is 5.82 Å². The number of fused-ring (bicyclic) bond motifs is 1. The Labute approximate surface area is 134 Å². The van der Waals surface area contributed by atoms with Crippen LogP contribution in [-0.2, 0) is 11.1 Å². The van der Waals surface area contributed by atoms with Gasteiger partial charge in [-0.15, -0.1) is 0 Å². The normalized spacial score (nSPS) is 12.7. The van der Waals surface area contributed by atoms with Crippen LogP contribution in [0.25, 0.3) is 10.9 Å². The molecule has 0 aliphatic heterocycles. The number of hydrogen-bond donors (Lipinski definition) is 1. The van der Waals surface area contributed by atoms with Crippen molar-refractivity contribution in [2.24, 2.45) is 0 Å². The van der Waals surface area contributed by atoms with Crippen LogP contribution in [-0.4, -0.2) is 28.3 Å². The molecule has 1 N–H and O–H groups in total. The Morgan fingerprint density at radius 2 is 1.78 bits per heavy atom. The fourth-order valence-electron chi connectivity index (χ4n) is 2.11. The molecule has 0 bridgehead atoms. The summed E-state index contributed by atoms with van der Waals surface area (Å²) in [7, 11) is 0. The van der Waals surface area contributed by atoms with Gasteiger partial charge >= 0.3 is 0 Å². The first-order valence-electron chi connectivity index (χ1n) is 7.49. The van der Waals surface area contributed by atoms with Gasteiger partial charge in [0.25, 0.3) is 0 Å². The fourth-order valence-corrected chi connectivity index (χ4v) is 2.11. The molecule has 0 aliphatic rings. The quantitative estimate of drug-likeness (QED) is 0.933. The lowest BCUT2D eigenvalue weighted by Crippen LogP contribution is -2.17. The molecular formula is C17H22F2N2O2. The van der Waals surface area contributed by atoms with Crippen molar-refractivity contribution >= 4 is 10.9 Å². The van der Waals surface area contributed by atoms with Gasteiger partial charge in [0, 0.05) is 0 Å². The lowest BCUT2D eigenvalue weighted by molar-refractivity contribution is 0.188. The van der Waals surface area contributed by atoms with E-state index in [0.29, 0.717) is 5.39 Å². The van der Waals surface area contributed by atoms with Crippen molar-refractivity contribution in [1.29, 1.82) is 0 Å². The average Bonchev–Trinajstić information content (AvgIpc) is 2.42. The van der Waals surface area contributed by atoms with E-state index < -0.39 is 11.5 Å². The molecule has 0 amide bonds. The van der Waals surface area contributed by atoms with Crippen LogP contribution in [0.15, 0.2) is 12.1 Å². The van der Waals surface area contributed by atoms with E-state index in [0.717, 1.165) is 5.56 Å². The van der Waals surface area contributed by atoms with Crippen molar-refractivity contribution in [3.05, 3.63) is 29.3 Å². The summed E-state index contributed by atoms with van der Waals surface area (Å²) >= 11 is 0. The second-order valence-electron chi connectivity index (χ2n) is 7.00. The predicted molar refractivity (Wildman–Crippen MR) is 84.9 cm³/mol. The van der Waals surface area contributed by atoms with Gasteiger partial charge in [-0.1, -0.05) is 20.8 Å². The van der Waals surface area contributed by atoms with Crippen LogP contribution in [0.5, 0.6) is 5.88 Å². The van der Waals surface area contributed by atoms with Gasteiger partial charge in [-0.3, -0.25) is 0 Å². The minimum absolute atomic E-state index is 0.0143. The summed E-state index contributed by atoms with van der Waals surface area (Å²) in [6.07, 6.45) is 0. The number of rotatable bonds is 4. The Bertz CT molecular complexity index is 719. The van der Waals surface area contributed by atoms with Gasteiger partial charge in [0.1, 0.15) is 17.9 Å². The number of aliphatic hydroxyl groups is 1. The summed E-state index contributed by atoms with van der Waals surface area (Å²) in [5.74, 6) is -0.621. The number of nitrogens with zero attached hydrogens (tertiary/aromatic N) is 2. The summed E-state index contributed by atoms with van der Waals surface area (Å²) in [6, 6.07) is 3.15. The smallest absolute Gasteiger partial charge is 0.225 e. The number of ether oxygens (including phenoxy) is 1. The average molecular weight is 324 g/mol. The van der Waals surface area contributed by atoms with Crippen LogP contribution in [0.4, 0.5) is 8.78 Å². The first-order chi connectivity index (χ1) is 10.5. The van der Waals surface area contributed by atoms with Gasteiger partial charge in [-0.25, -0.2) is 13.8 Å². The zero-order valence-electron chi connectivity index (χ0n) is 14.1. The Morgan fingerprint density at radius 1 is 1.13 bits per heavy atom. The molecule has 0 fully saturated rings. The molecule has 126 valence electrons. The third kappa shape index (κ3) is 3.75. The standard InChI is InChI=1S/C17H22F2N2O2/c1-16(2,3)10-8-11-13(12(18)9-10)20-15(17(4,5)19)21-14(11)23-7-6-22/h8-9,22H,6-7H2,1-5H3. The lowest BCUT2D eigenvalue weighted by atomic mass is 9.86. The van der Waals surface area contributed by atoms with E-state index in [1.54, 1.807) is 6.07 Å². The summed E-state index contributed by atoms with van der Waals surface area (Å²) in [6.45, 7) is 8.24. The summed E-state index contributed by atoms with van der Waals surface area (Å²) in [5, 5.41) is 9.32. The van der Waals surface area contributed by atoms with E-state index >= 15 is 0 Å². The first kappa shape index (κ1) is 17.5. The first-order valence-corrected chi connectivity index (χ1v) is 7.49. The predicted octanol–water partition coefficient (Wildman–Crippen LogP) is 3.64. The van der Waals surface area contributed by atoms with Gasteiger partial charge in [0.15, 0.2) is 11.5 Å². The molecule has 0 unspecified atom stereocenters. The second kappa shape index (κ2) is 6.00. The molecule has 0 radical (unpaired) electrons. The molecule has 23 heavy (non-hydrogen) atoms. The largest absolute Gasteiger partial charge is 0.475 e. The molecule has 0 atom stereocenters. The number of hydrogen-bond acceptors (Lipinski definition) is 4. The molecule has 0 saturated heterocycles. The maximum atomic E-state index is 14.5. The highest BCUT2D eigenvalue weighted by molar-refractivity contribution is 5.85. The van der Waals surface area contributed by atoms with E-state index in [1.165, 1.54) is 19.9 Å². The Morgan fingerprint density at radius 3 is 2.30 bits per heavy atom. The van der Waals surface area contributed by atoms with Crippen molar-refractivity contribution in [3.63, 3.8) is 0 Å². The molecule has 1 aromatic carbocycles. The van der Waals surface area contributed by atoms with Crippen molar-refractivity contribution in [2.45, 2.75) is 45.7 Å². The maximum absolute atomic E-state index is 14.5. The van der Waals surface area contributed by atoms with Gasteiger partial charge < -0.3 is 9.84 Å². The molecule has 2 aromatic rings. The Balaban J connectivity index is 2.76. The van der Waals surface area contributed by atoms with Crippen LogP contribution >= 0.6 is 0 Å². The zero-order valence-corrected chi connectivity index (χ0v) is 14.1. The van der Waals surface area contributed by atoms with Crippen LogP contribution in [0.1, 0.15) is 46.0 Å². The van der Waals surface area contributed by atoms with Crippen molar-refractivity contribution in [3.8, 4) is 5.88 Å². The van der Waals surface area contributed by atoms with Gasteiger partial charge in [0.2, 0.25) is 5.88 Å². The molecule has 2 rings (SSSR count). The number of alkyl halides is 1. The van der Waals surface area contributed by atoms with E-state index in [4.69, 9.17) is 9.84 Å². The highest BCUT2D eigenvalue weighted by Crippen LogP contribution is 2.33. The summed E-state index contributed by atoms with van der Waals surface area (Å²) in [4.78, 5) is 8.12. The SMILES string of the molecule is CC(C)(C)c1cc(F)c2nc(C(C)(C)F)nc(OCCO)c2c1. The zero-order chi connectivity index (χ0) is 17.4. The Kier molecular flexibility index (Phi) is 4.57. The van der Waals surface area contributed by atoms with Crippen LogP contribution in [0.3, 0.4) is 0 Å². The van der Waals surface area contributed by atoms with Gasteiger partial charge in [0.05, 0.1) is 12.0 Å². The van der Waals surface area contributed by atoms with Crippen molar-refractivity contribution < 1.29 is 18.6 Å². The van der Waals surface area contributed by atoms with E-state index in [-0.39, 0.29) is 35.8 Å². The number of aliphatic hydroxyl groups excluding tert-OH is 1. The minimum Gasteiger partial charge on any atom is -0.475 e. The highest BCUT2D eigenvalue weighted by atomic mass is 19.1. The highest BCUT2D eigenvalue weighted by Gasteiger charge is 2.27. The lowest BCUT2D eigenvalue weighted by Gasteiger charge is -2.21. The van der Waals surface area contributed by atoms with E-state index in [9.17, 15) is 8.78 Å². The number of halogens is 2. The Hall–Kier alpha value is -1.82. The van der Waals surface area contributed by atoms with Crippen molar-refractivity contribution in [1.82, 2.24) is 9.97 Å². The second-order valence-corrected chi connectivity index (χ2v) is 7.00. The number of aromatic nitrogens is 2. The van der Waals surface area contributed by atoms with Crippen molar-refractivity contribution in [2.75, 3.05) is 13.2 Å². The molecular weight excluding hydrogens is 302 g/mol. The molecule has 1 heterocycles. The number of benzene rings is 1. The fraction of sp³-hybridized carbons (Fsp3) is 0.529. The third-order valence-electron chi connectivity index (χ3n) is 3.45. The summed E-state index contributed by atoms with van der Waals surface area (Å²) in [5.41, 5.74) is -1.34. The van der Waals surface area contributed by atoms with Crippen LogP contribution < -0.4 is 4.74 Å². The minimum atomic E-state index is -1.83. The molecule has 0 saturated carbocycles. The molecule has 6 heteroatoms.